The van der Waals surface area contributed by atoms with Gasteiger partial charge >= 0.3 is 5.97 Å². The highest BCUT2D eigenvalue weighted by atomic mass is 16.4. The van der Waals surface area contributed by atoms with Crippen molar-refractivity contribution in [2.75, 3.05) is 0 Å². The Morgan fingerprint density at radius 2 is 1.87 bits per heavy atom. The van der Waals surface area contributed by atoms with Crippen LogP contribution in [0.2, 0.25) is 0 Å². The van der Waals surface area contributed by atoms with Crippen molar-refractivity contribution in [1.29, 1.82) is 0 Å². The van der Waals surface area contributed by atoms with Gasteiger partial charge in [0, 0.05) is 6.92 Å². The van der Waals surface area contributed by atoms with Crippen LogP contribution in [0.1, 0.15) is 46.5 Å². The van der Waals surface area contributed by atoms with Crippen molar-refractivity contribution in [3.8, 4) is 0 Å². The first-order valence-corrected chi connectivity index (χ1v) is 5.47. The molecule has 1 amide bonds. The third-order valence-electron chi connectivity index (χ3n) is 2.41. The summed E-state index contributed by atoms with van der Waals surface area (Å²) in [6, 6.07) is -0.734. The van der Waals surface area contributed by atoms with Gasteiger partial charge in [0.1, 0.15) is 6.04 Å². The highest BCUT2D eigenvalue weighted by Crippen LogP contribution is 2.13. The van der Waals surface area contributed by atoms with Crippen LogP contribution >= 0.6 is 0 Å². The van der Waals surface area contributed by atoms with Crippen LogP contribution in [0.3, 0.4) is 0 Å². The van der Waals surface area contributed by atoms with Crippen LogP contribution in [0.5, 0.6) is 0 Å². The molecule has 88 valence electrons. The topological polar surface area (TPSA) is 66.4 Å². The van der Waals surface area contributed by atoms with E-state index in [1.54, 1.807) is 0 Å². The monoisotopic (exact) mass is 215 g/mol. The molecule has 0 fully saturated rings. The summed E-state index contributed by atoms with van der Waals surface area (Å²) in [5.41, 5.74) is 0. The first kappa shape index (κ1) is 13.9. The molecule has 0 saturated carbocycles. The zero-order valence-corrected chi connectivity index (χ0v) is 9.75. The Morgan fingerprint density at radius 3 is 2.27 bits per heavy atom. The largest absolute Gasteiger partial charge is 0.480 e. The van der Waals surface area contributed by atoms with Crippen molar-refractivity contribution in [2.45, 2.75) is 52.5 Å². The number of amides is 1. The first-order valence-electron chi connectivity index (χ1n) is 5.47. The minimum atomic E-state index is -0.950. The molecule has 4 heteroatoms. The fraction of sp³-hybridized carbons (Fsp3) is 0.818. The average molecular weight is 215 g/mol. The number of rotatable bonds is 7. The number of carbonyl (C=O) groups is 2. The lowest BCUT2D eigenvalue weighted by Gasteiger charge is -2.15. The molecule has 0 saturated heterocycles. The molecule has 0 aromatic rings. The second-order valence-electron chi connectivity index (χ2n) is 4.06. The van der Waals surface area contributed by atoms with E-state index in [9.17, 15) is 9.59 Å². The Bertz CT molecular complexity index is 216. The van der Waals surface area contributed by atoms with Crippen molar-refractivity contribution in [3.63, 3.8) is 0 Å². The van der Waals surface area contributed by atoms with Crippen molar-refractivity contribution >= 4 is 11.9 Å². The summed E-state index contributed by atoms with van der Waals surface area (Å²) >= 11 is 0. The van der Waals surface area contributed by atoms with Gasteiger partial charge in [-0.15, -0.1) is 0 Å². The Hall–Kier alpha value is -1.06. The highest BCUT2D eigenvalue weighted by molar-refractivity contribution is 5.81. The van der Waals surface area contributed by atoms with Gasteiger partial charge in [-0.2, -0.15) is 0 Å². The van der Waals surface area contributed by atoms with Crippen LogP contribution in [0.4, 0.5) is 0 Å². The summed E-state index contributed by atoms with van der Waals surface area (Å²) < 4.78 is 0. The van der Waals surface area contributed by atoms with Crippen molar-refractivity contribution in [1.82, 2.24) is 5.32 Å². The zero-order valence-electron chi connectivity index (χ0n) is 9.75. The van der Waals surface area contributed by atoms with E-state index in [1.165, 1.54) is 6.92 Å². The molecule has 0 aromatic heterocycles. The molecule has 0 aliphatic heterocycles. The Morgan fingerprint density at radius 1 is 1.27 bits per heavy atom. The summed E-state index contributed by atoms with van der Waals surface area (Å²) in [4.78, 5) is 21.5. The Balaban J connectivity index is 3.96. The molecule has 0 radical (unpaired) electrons. The Labute approximate surface area is 91.1 Å². The van der Waals surface area contributed by atoms with Crippen molar-refractivity contribution in [3.05, 3.63) is 0 Å². The van der Waals surface area contributed by atoms with Gasteiger partial charge in [0.15, 0.2) is 0 Å². The smallest absolute Gasteiger partial charge is 0.326 e. The lowest BCUT2D eigenvalue weighted by molar-refractivity contribution is -0.141. The predicted octanol–water partition coefficient (Wildman–Crippen LogP) is 1.79. The molecule has 0 heterocycles. The second kappa shape index (κ2) is 7.26. The fourth-order valence-electron chi connectivity index (χ4n) is 1.59. The number of aliphatic carboxylic acids is 1. The van der Waals surface area contributed by atoms with Gasteiger partial charge in [-0.3, -0.25) is 4.79 Å². The molecule has 2 atom stereocenters. The van der Waals surface area contributed by atoms with Gasteiger partial charge in [-0.1, -0.05) is 26.7 Å². The first-order chi connectivity index (χ1) is 6.97. The van der Waals surface area contributed by atoms with Crippen LogP contribution in [0.15, 0.2) is 0 Å². The van der Waals surface area contributed by atoms with Gasteiger partial charge in [0.25, 0.3) is 0 Å². The summed E-state index contributed by atoms with van der Waals surface area (Å²) in [6.07, 6.45) is 3.56. The van der Waals surface area contributed by atoms with E-state index in [-0.39, 0.29) is 5.91 Å². The Kier molecular flexibility index (Phi) is 6.75. The van der Waals surface area contributed by atoms with Crippen molar-refractivity contribution in [2.24, 2.45) is 5.92 Å². The number of carbonyl (C=O) groups excluding carboxylic acids is 1. The molecular weight excluding hydrogens is 194 g/mol. The molecule has 0 aromatic carbocycles. The summed E-state index contributed by atoms with van der Waals surface area (Å²) in [5, 5.41) is 11.3. The lowest BCUT2D eigenvalue weighted by Crippen LogP contribution is -2.39. The van der Waals surface area contributed by atoms with Gasteiger partial charge in [-0.05, 0) is 18.8 Å². The predicted molar refractivity (Wildman–Crippen MR) is 58.5 cm³/mol. The second-order valence-corrected chi connectivity index (χ2v) is 4.06. The minimum absolute atomic E-state index is 0.287. The average Bonchev–Trinajstić information content (AvgIpc) is 2.11. The number of carboxylic acids is 1. The van der Waals surface area contributed by atoms with E-state index in [1.807, 2.05) is 0 Å². The van der Waals surface area contributed by atoms with Crippen LogP contribution in [0.25, 0.3) is 0 Å². The van der Waals surface area contributed by atoms with Crippen LogP contribution in [0, 0.1) is 5.92 Å². The van der Waals surface area contributed by atoms with Crippen LogP contribution in [-0.4, -0.2) is 23.0 Å². The molecule has 0 spiro atoms. The molecule has 15 heavy (non-hydrogen) atoms. The molecular formula is C11H21NO3. The normalized spacial score (nSPS) is 14.3. The standard InChI is InChI=1S/C11H21NO3/c1-4-5-8(2)6-7-10(11(14)15)12-9(3)13/h8,10H,4-7H2,1-3H3,(H,12,13)(H,14,15). The maximum Gasteiger partial charge on any atom is 0.326 e. The van der Waals surface area contributed by atoms with E-state index in [0.29, 0.717) is 12.3 Å². The van der Waals surface area contributed by atoms with E-state index in [0.717, 1.165) is 19.3 Å². The van der Waals surface area contributed by atoms with E-state index < -0.39 is 12.0 Å². The molecule has 2 N–H and O–H groups in total. The molecule has 0 bridgehead atoms. The molecule has 0 aliphatic rings. The maximum absolute atomic E-state index is 10.8. The lowest BCUT2D eigenvalue weighted by atomic mass is 9.97. The van der Waals surface area contributed by atoms with E-state index in [2.05, 4.69) is 19.2 Å². The van der Waals surface area contributed by atoms with E-state index in [4.69, 9.17) is 5.11 Å². The quantitative estimate of drug-likeness (QED) is 0.680. The fourth-order valence-corrected chi connectivity index (χ4v) is 1.59. The van der Waals surface area contributed by atoms with Crippen LogP contribution in [-0.2, 0) is 9.59 Å². The van der Waals surface area contributed by atoms with Gasteiger partial charge in [0.05, 0.1) is 0 Å². The van der Waals surface area contributed by atoms with Crippen molar-refractivity contribution < 1.29 is 14.7 Å². The van der Waals surface area contributed by atoms with Crippen LogP contribution < -0.4 is 5.32 Å². The third-order valence-corrected chi connectivity index (χ3v) is 2.41. The zero-order chi connectivity index (χ0) is 11.8. The number of carboxylic acid groups (broad SMARTS) is 1. The summed E-state index contributed by atoms with van der Waals surface area (Å²) in [6.45, 7) is 5.56. The SMILES string of the molecule is CCCC(C)CCC(NC(C)=O)C(=O)O. The summed E-state index contributed by atoms with van der Waals surface area (Å²) in [7, 11) is 0. The number of nitrogens with one attached hydrogen (secondary N) is 1. The highest BCUT2D eigenvalue weighted by Gasteiger charge is 2.18. The number of hydrogen-bond donors (Lipinski definition) is 2. The molecule has 0 rings (SSSR count). The van der Waals surface area contributed by atoms with E-state index >= 15 is 0 Å². The van der Waals surface area contributed by atoms with Gasteiger partial charge in [-0.25, -0.2) is 4.79 Å². The molecule has 4 nitrogen and oxygen atoms in total. The third kappa shape index (κ3) is 6.94. The minimum Gasteiger partial charge on any atom is -0.480 e. The number of hydrogen-bond acceptors (Lipinski definition) is 2. The molecule has 2 unspecified atom stereocenters. The molecule has 0 aliphatic carbocycles. The van der Waals surface area contributed by atoms with Gasteiger partial charge in [0.2, 0.25) is 5.91 Å². The maximum atomic E-state index is 10.8. The van der Waals surface area contributed by atoms with Gasteiger partial charge < -0.3 is 10.4 Å². The summed E-state index contributed by atoms with van der Waals surface area (Å²) in [5.74, 6) is -0.718.